The quantitative estimate of drug-likeness (QED) is 0.792. The number of aryl methyl sites for hydroxylation is 1. The van der Waals surface area contributed by atoms with Crippen LogP contribution in [-0.2, 0) is 0 Å². The third-order valence-electron chi connectivity index (χ3n) is 2.92. The van der Waals surface area contributed by atoms with E-state index in [-0.39, 0.29) is 16.7 Å². The Morgan fingerprint density at radius 2 is 1.80 bits per heavy atom. The molecule has 0 spiro atoms. The van der Waals surface area contributed by atoms with Gasteiger partial charge in [0.05, 0.1) is 17.7 Å². The van der Waals surface area contributed by atoms with Crippen molar-refractivity contribution in [1.82, 2.24) is 0 Å². The van der Waals surface area contributed by atoms with Crippen molar-refractivity contribution in [1.29, 1.82) is 0 Å². The summed E-state index contributed by atoms with van der Waals surface area (Å²) in [7, 11) is 0. The monoisotopic (exact) mass is 276 g/mol. The first-order valence-electron chi connectivity index (χ1n) is 6.26. The Bertz CT molecular complexity index is 651. The van der Waals surface area contributed by atoms with Crippen molar-refractivity contribution in [3.63, 3.8) is 0 Å². The van der Waals surface area contributed by atoms with E-state index < -0.39 is 17.4 Å². The predicted octanol–water partition coefficient (Wildman–Crippen LogP) is 3.90. The van der Waals surface area contributed by atoms with Gasteiger partial charge in [-0.1, -0.05) is 12.1 Å². The molecule has 0 atom stereocenters. The lowest BCUT2D eigenvalue weighted by Crippen LogP contribution is -2.08. The molecule has 0 N–H and O–H groups in total. The van der Waals surface area contributed by atoms with Gasteiger partial charge >= 0.3 is 0 Å². The fourth-order valence-electron chi connectivity index (χ4n) is 1.91. The summed E-state index contributed by atoms with van der Waals surface area (Å²) < 4.78 is 32.4. The van der Waals surface area contributed by atoms with Gasteiger partial charge in [0.1, 0.15) is 17.4 Å². The largest absolute Gasteiger partial charge is 0.493 e. The van der Waals surface area contributed by atoms with E-state index >= 15 is 0 Å². The van der Waals surface area contributed by atoms with E-state index in [0.29, 0.717) is 12.4 Å². The van der Waals surface area contributed by atoms with Crippen LogP contribution in [0.4, 0.5) is 8.78 Å². The lowest BCUT2D eigenvalue weighted by molar-refractivity contribution is 0.103. The highest BCUT2D eigenvalue weighted by molar-refractivity contribution is 6.11. The van der Waals surface area contributed by atoms with Gasteiger partial charge in [0.25, 0.3) is 0 Å². The van der Waals surface area contributed by atoms with Crippen LogP contribution >= 0.6 is 0 Å². The molecule has 20 heavy (non-hydrogen) atoms. The summed E-state index contributed by atoms with van der Waals surface area (Å²) in [6.45, 7) is 3.68. The summed E-state index contributed by atoms with van der Waals surface area (Å²) in [5.74, 6) is -1.67. The van der Waals surface area contributed by atoms with Crippen molar-refractivity contribution in [2.75, 3.05) is 6.61 Å². The average molecular weight is 276 g/mol. The van der Waals surface area contributed by atoms with E-state index in [1.165, 1.54) is 13.0 Å². The van der Waals surface area contributed by atoms with Gasteiger partial charge in [0.2, 0.25) is 0 Å². The second-order valence-electron chi connectivity index (χ2n) is 4.34. The van der Waals surface area contributed by atoms with Crippen LogP contribution in [0.1, 0.15) is 28.4 Å². The maximum Gasteiger partial charge on any atom is 0.199 e. The first-order valence-corrected chi connectivity index (χ1v) is 6.26. The summed E-state index contributed by atoms with van der Waals surface area (Å²) in [6.07, 6.45) is 0. The van der Waals surface area contributed by atoms with Gasteiger partial charge in [-0.3, -0.25) is 4.79 Å². The fraction of sp³-hybridized carbons (Fsp3) is 0.188. The minimum absolute atomic E-state index is 0.156. The molecule has 104 valence electrons. The van der Waals surface area contributed by atoms with Crippen LogP contribution in [0, 0.1) is 18.6 Å². The van der Waals surface area contributed by atoms with Crippen LogP contribution in [0.25, 0.3) is 0 Å². The van der Waals surface area contributed by atoms with Crippen molar-refractivity contribution in [2.45, 2.75) is 13.8 Å². The standard InChI is InChI=1S/C16H14F2O2/c1-3-20-15-7-5-4-6-11(15)16(19)12-8-10(2)13(17)9-14(12)18/h4-9H,3H2,1-2H3. The van der Waals surface area contributed by atoms with Crippen LogP contribution < -0.4 is 4.74 Å². The SMILES string of the molecule is CCOc1ccccc1C(=O)c1cc(C)c(F)cc1F. The van der Waals surface area contributed by atoms with Crippen LogP contribution in [0.3, 0.4) is 0 Å². The van der Waals surface area contributed by atoms with Crippen molar-refractivity contribution >= 4 is 5.78 Å². The number of carbonyl (C=O) groups is 1. The molecule has 0 aliphatic rings. The summed E-state index contributed by atoms with van der Waals surface area (Å²) in [4.78, 5) is 12.4. The molecule has 0 aliphatic heterocycles. The third kappa shape index (κ3) is 2.69. The van der Waals surface area contributed by atoms with E-state index in [1.807, 2.05) is 0 Å². The Morgan fingerprint density at radius 1 is 1.10 bits per heavy atom. The Hall–Kier alpha value is -2.23. The summed E-state index contributed by atoms with van der Waals surface area (Å²) in [6, 6.07) is 8.55. The first-order chi connectivity index (χ1) is 9.54. The van der Waals surface area contributed by atoms with Gasteiger partial charge in [-0.15, -0.1) is 0 Å². The Balaban J connectivity index is 2.49. The molecule has 0 saturated heterocycles. The zero-order valence-electron chi connectivity index (χ0n) is 11.2. The molecule has 2 rings (SSSR count). The molecular formula is C16H14F2O2. The maximum atomic E-state index is 13.8. The van der Waals surface area contributed by atoms with Gasteiger partial charge in [0.15, 0.2) is 5.78 Å². The van der Waals surface area contributed by atoms with Gasteiger partial charge in [0, 0.05) is 6.07 Å². The summed E-state index contributed by atoms with van der Waals surface area (Å²) in [5.41, 5.74) is 0.332. The predicted molar refractivity (Wildman–Crippen MR) is 72.1 cm³/mol. The van der Waals surface area contributed by atoms with Crippen LogP contribution in [0.15, 0.2) is 36.4 Å². The van der Waals surface area contributed by atoms with E-state index in [9.17, 15) is 13.6 Å². The molecule has 0 amide bonds. The molecule has 0 bridgehead atoms. The Labute approximate surface area is 116 Å². The van der Waals surface area contributed by atoms with E-state index in [2.05, 4.69) is 0 Å². The number of benzene rings is 2. The van der Waals surface area contributed by atoms with Crippen LogP contribution in [0.2, 0.25) is 0 Å². The number of hydrogen-bond donors (Lipinski definition) is 0. The molecule has 2 aromatic carbocycles. The second kappa shape index (κ2) is 5.82. The molecule has 0 aromatic heterocycles. The lowest BCUT2D eigenvalue weighted by atomic mass is 10.00. The topological polar surface area (TPSA) is 26.3 Å². The molecule has 2 aromatic rings. The van der Waals surface area contributed by atoms with E-state index in [4.69, 9.17) is 4.74 Å². The number of hydrogen-bond acceptors (Lipinski definition) is 2. The van der Waals surface area contributed by atoms with Crippen LogP contribution in [-0.4, -0.2) is 12.4 Å². The normalized spacial score (nSPS) is 10.4. The number of ether oxygens (including phenoxy) is 1. The minimum Gasteiger partial charge on any atom is -0.493 e. The molecule has 0 radical (unpaired) electrons. The smallest absolute Gasteiger partial charge is 0.199 e. The number of ketones is 1. The second-order valence-corrected chi connectivity index (χ2v) is 4.34. The average Bonchev–Trinajstić information content (AvgIpc) is 2.43. The Morgan fingerprint density at radius 3 is 2.50 bits per heavy atom. The lowest BCUT2D eigenvalue weighted by Gasteiger charge is -2.10. The maximum absolute atomic E-state index is 13.8. The van der Waals surface area contributed by atoms with Crippen molar-refractivity contribution in [3.8, 4) is 5.75 Å². The van der Waals surface area contributed by atoms with Gasteiger partial charge in [-0.05, 0) is 37.6 Å². The minimum atomic E-state index is -0.871. The zero-order chi connectivity index (χ0) is 14.7. The molecule has 0 aliphatic carbocycles. The molecular weight excluding hydrogens is 262 g/mol. The van der Waals surface area contributed by atoms with Crippen molar-refractivity contribution in [2.24, 2.45) is 0 Å². The highest BCUT2D eigenvalue weighted by atomic mass is 19.1. The first kappa shape index (κ1) is 14.2. The van der Waals surface area contributed by atoms with Gasteiger partial charge in [-0.25, -0.2) is 8.78 Å². The number of halogens is 2. The highest BCUT2D eigenvalue weighted by Crippen LogP contribution is 2.24. The molecule has 2 nitrogen and oxygen atoms in total. The zero-order valence-corrected chi connectivity index (χ0v) is 11.2. The van der Waals surface area contributed by atoms with Crippen LogP contribution in [0.5, 0.6) is 5.75 Å². The number of para-hydroxylation sites is 1. The van der Waals surface area contributed by atoms with Gasteiger partial charge < -0.3 is 4.74 Å². The fourth-order valence-corrected chi connectivity index (χ4v) is 1.91. The van der Waals surface area contributed by atoms with Gasteiger partial charge in [-0.2, -0.15) is 0 Å². The number of rotatable bonds is 4. The highest BCUT2D eigenvalue weighted by Gasteiger charge is 2.19. The van der Waals surface area contributed by atoms with E-state index in [1.54, 1.807) is 31.2 Å². The Kier molecular flexibility index (Phi) is 4.13. The van der Waals surface area contributed by atoms with E-state index in [0.717, 1.165) is 6.07 Å². The molecule has 0 unspecified atom stereocenters. The summed E-state index contributed by atoms with van der Waals surface area (Å²) in [5, 5.41) is 0. The summed E-state index contributed by atoms with van der Waals surface area (Å²) >= 11 is 0. The molecule has 0 saturated carbocycles. The number of carbonyl (C=O) groups excluding carboxylic acids is 1. The van der Waals surface area contributed by atoms with Crippen molar-refractivity contribution in [3.05, 3.63) is 64.7 Å². The molecule has 0 fully saturated rings. The van der Waals surface area contributed by atoms with Crippen molar-refractivity contribution < 1.29 is 18.3 Å². The third-order valence-corrected chi connectivity index (χ3v) is 2.92. The molecule has 4 heteroatoms. The molecule has 0 heterocycles.